The number of anilines is 1. The molecule has 2 heterocycles. The van der Waals surface area contributed by atoms with E-state index >= 15 is 0 Å². The molecule has 1 fully saturated rings. The van der Waals surface area contributed by atoms with E-state index in [2.05, 4.69) is 26.0 Å². The average molecular weight is 490 g/mol. The van der Waals surface area contributed by atoms with Crippen molar-refractivity contribution in [1.29, 1.82) is 0 Å². The minimum Gasteiger partial charge on any atom is -0.496 e. The third kappa shape index (κ3) is 4.61. The number of benzene rings is 2. The number of rotatable bonds is 6. The number of aliphatic hydroxyl groups excluding tert-OH is 1. The molecule has 1 saturated carbocycles. The van der Waals surface area contributed by atoms with Crippen molar-refractivity contribution in [3.8, 4) is 16.9 Å². The van der Waals surface area contributed by atoms with Gasteiger partial charge in [0.2, 0.25) is 0 Å². The van der Waals surface area contributed by atoms with Gasteiger partial charge in [0.15, 0.2) is 0 Å². The second-order valence-electron chi connectivity index (χ2n) is 9.09. The van der Waals surface area contributed by atoms with Gasteiger partial charge >= 0.3 is 0 Å². The summed E-state index contributed by atoms with van der Waals surface area (Å²) >= 11 is 0. The lowest BCUT2D eigenvalue weighted by atomic mass is 9.93. The number of halogens is 1. The quantitative estimate of drug-likeness (QED) is 0.373. The van der Waals surface area contributed by atoms with Crippen LogP contribution >= 0.6 is 0 Å². The summed E-state index contributed by atoms with van der Waals surface area (Å²) in [7, 11) is 1.44. The number of ether oxygens (including phenoxy) is 1. The molecule has 0 unspecified atom stereocenters. The number of carbonyl (C=O) groups excluding carboxylic acids is 1. The molecule has 0 saturated heterocycles. The number of fused-ring (bicyclic) bond motifs is 1. The molecular formula is C27H28FN5O3. The van der Waals surface area contributed by atoms with Crippen molar-refractivity contribution in [2.75, 3.05) is 12.8 Å². The van der Waals surface area contributed by atoms with E-state index in [1.54, 1.807) is 0 Å². The van der Waals surface area contributed by atoms with Crippen LogP contribution in [0.2, 0.25) is 0 Å². The Bertz CT molecular complexity index is 1390. The summed E-state index contributed by atoms with van der Waals surface area (Å²) in [5, 5.41) is 13.5. The van der Waals surface area contributed by atoms with E-state index in [1.165, 1.54) is 25.6 Å². The summed E-state index contributed by atoms with van der Waals surface area (Å²) in [4.78, 5) is 21.3. The molecule has 0 aliphatic heterocycles. The van der Waals surface area contributed by atoms with Crippen LogP contribution in [-0.2, 0) is 6.54 Å². The number of methoxy groups -OCH3 is 1. The van der Waals surface area contributed by atoms with Gasteiger partial charge in [0, 0.05) is 24.3 Å². The second-order valence-corrected chi connectivity index (χ2v) is 9.09. The first-order valence-corrected chi connectivity index (χ1v) is 11.9. The van der Waals surface area contributed by atoms with Crippen LogP contribution in [0.1, 0.15) is 47.6 Å². The molecule has 5 rings (SSSR count). The van der Waals surface area contributed by atoms with Crippen LogP contribution in [0.3, 0.4) is 0 Å². The van der Waals surface area contributed by atoms with Gasteiger partial charge in [-0.1, -0.05) is 24.3 Å². The standard InChI is InChI=1S/C27H28FN5O3/c1-36-23-11-6-18(28)12-21(23)27(35)30-13-16-2-4-17(5-3-16)22-14-33(19-7-9-20(34)10-8-19)26-24(22)25(29)31-15-32-26/h2-6,11-12,14-15,19-20,34H,7-10,13H2,1H3,(H,30,35)(H2,29,31,32). The van der Waals surface area contributed by atoms with Crippen LogP contribution in [0.5, 0.6) is 5.75 Å². The Kier molecular flexibility index (Phi) is 6.56. The van der Waals surface area contributed by atoms with Gasteiger partial charge < -0.3 is 25.5 Å². The second kappa shape index (κ2) is 9.94. The first kappa shape index (κ1) is 23.7. The van der Waals surface area contributed by atoms with Crippen LogP contribution in [-0.4, -0.2) is 38.8 Å². The predicted octanol–water partition coefficient (Wildman–Crippen LogP) is 4.23. The van der Waals surface area contributed by atoms with E-state index in [4.69, 9.17) is 10.5 Å². The van der Waals surface area contributed by atoms with Gasteiger partial charge in [0.25, 0.3) is 5.91 Å². The average Bonchev–Trinajstić information content (AvgIpc) is 3.29. The SMILES string of the molecule is COc1ccc(F)cc1C(=O)NCc1ccc(-c2cn(C3CCC(O)CC3)c3ncnc(N)c23)cc1. The maximum absolute atomic E-state index is 13.6. The topological polar surface area (TPSA) is 115 Å². The molecule has 2 aromatic heterocycles. The fourth-order valence-electron chi connectivity index (χ4n) is 4.88. The first-order valence-electron chi connectivity index (χ1n) is 11.9. The van der Waals surface area contributed by atoms with E-state index in [-0.39, 0.29) is 24.3 Å². The third-order valence-corrected chi connectivity index (χ3v) is 6.82. The maximum Gasteiger partial charge on any atom is 0.255 e. The molecule has 186 valence electrons. The molecule has 36 heavy (non-hydrogen) atoms. The molecule has 1 aliphatic carbocycles. The van der Waals surface area contributed by atoms with Gasteiger partial charge in [0.05, 0.1) is 24.2 Å². The number of aliphatic hydroxyl groups is 1. The molecule has 4 N–H and O–H groups in total. The van der Waals surface area contributed by atoms with E-state index in [9.17, 15) is 14.3 Å². The molecule has 0 radical (unpaired) electrons. The van der Waals surface area contributed by atoms with Crippen LogP contribution in [0.15, 0.2) is 55.0 Å². The van der Waals surface area contributed by atoms with Gasteiger partial charge in [0.1, 0.15) is 29.4 Å². The number of nitrogen functional groups attached to an aromatic ring is 1. The lowest BCUT2D eigenvalue weighted by Gasteiger charge is -2.27. The molecule has 0 atom stereocenters. The van der Waals surface area contributed by atoms with E-state index in [0.717, 1.165) is 59.5 Å². The summed E-state index contributed by atoms with van der Waals surface area (Å²) < 4.78 is 21.0. The van der Waals surface area contributed by atoms with Crippen LogP contribution < -0.4 is 15.8 Å². The van der Waals surface area contributed by atoms with Crippen molar-refractivity contribution in [3.05, 3.63) is 71.9 Å². The number of aromatic nitrogens is 3. The Balaban J connectivity index is 1.37. The lowest BCUT2D eigenvalue weighted by molar-refractivity contribution is 0.0947. The van der Waals surface area contributed by atoms with Crippen molar-refractivity contribution in [2.24, 2.45) is 0 Å². The minimum absolute atomic E-state index is 0.146. The third-order valence-electron chi connectivity index (χ3n) is 6.82. The Labute approximate surface area is 207 Å². The van der Waals surface area contributed by atoms with Crippen LogP contribution in [0, 0.1) is 5.82 Å². The van der Waals surface area contributed by atoms with Gasteiger partial charge in [-0.05, 0) is 55.0 Å². The Morgan fingerprint density at radius 2 is 1.92 bits per heavy atom. The van der Waals surface area contributed by atoms with E-state index < -0.39 is 11.7 Å². The smallest absolute Gasteiger partial charge is 0.255 e. The Hall–Kier alpha value is -3.98. The normalized spacial score (nSPS) is 17.8. The summed E-state index contributed by atoms with van der Waals surface area (Å²) in [5.41, 5.74) is 9.99. The number of amides is 1. The number of hydrogen-bond donors (Lipinski definition) is 3. The van der Waals surface area contributed by atoms with Crippen molar-refractivity contribution >= 4 is 22.8 Å². The predicted molar refractivity (Wildman–Crippen MR) is 135 cm³/mol. The highest BCUT2D eigenvalue weighted by Crippen LogP contribution is 2.38. The summed E-state index contributed by atoms with van der Waals surface area (Å²) in [6.07, 6.45) is 6.61. The molecule has 4 aromatic rings. The van der Waals surface area contributed by atoms with Gasteiger partial charge in [-0.15, -0.1) is 0 Å². The van der Waals surface area contributed by atoms with Crippen molar-refractivity contribution in [1.82, 2.24) is 19.9 Å². The Morgan fingerprint density at radius 1 is 1.17 bits per heavy atom. The molecule has 2 aromatic carbocycles. The highest BCUT2D eigenvalue weighted by atomic mass is 19.1. The number of nitrogens with two attached hydrogens (primary N) is 1. The lowest BCUT2D eigenvalue weighted by Crippen LogP contribution is -2.23. The number of carbonyl (C=O) groups is 1. The van der Waals surface area contributed by atoms with Crippen molar-refractivity contribution in [2.45, 2.75) is 44.4 Å². The molecule has 0 spiro atoms. The maximum atomic E-state index is 13.6. The van der Waals surface area contributed by atoms with E-state index in [0.29, 0.717) is 11.6 Å². The number of nitrogens with zero attached hydrogens (tertiary/aromatic N) is 3. The van der Waals surface area contributed by atoms with Gasteiger partial charge in [-0.25, -0.2) is 14.4 Å². The van der Waals surface area contributed by atoms with Gasteiger partial charge in [-0.2, -0.15) is 0 Å². The zero-order valence-corrected chi connectivity index (χ0v) is 19.9. The highest BCUT2D eigenvalue weighted by Gasteiger charge is 2.25. The largest absolute Gasteiger partial charge is 0.496 e. The van der Waals surface area contributed by atoms with Crippen molar-refractivity contribution in [3.63, 3.8) is 0 Å². The fraction of sp³-hybridized carbons (Fsp3) is 0.296. The zero-order valence-electron chi connectivity index (χ0n) is 19.9. The molecule has 1 aliphatic rings. The summed E-state index contributed by atoms with van der Waals surface area (Å²) in [6, 6.07) is 11.9. The number of nitrogens with one attached hydrogen (secondary N) is 1. The minimum atomic E-state index is -0.503. The van der Waals surface area contributed by atoms with Crippen molar-refractivity contribution < 1.29 is 19.0 Å². The number of hydrogen-bond acceptors (Lipinski definition) is 6. The molecular weight excluding hydrogens is 461 g/mol. The van der Waals surface area contributed by atoms with E-state index in [1.807, 2.05) is 24.3 Å². The van der Waals surface area contributed by atoms with Crippen LogP contribution in [0.25, 0.3) is 22.2 Å². The molecule has 1 amide bonds. The Morgan fingerprint density at radius 3 is 2.64 bits per heavy atom. The molecule has 9 heteroatoms. The fourth-order valence-corrected chi connectivity index (χ4v) is 4.88. The van der Waals surface area contributed by atoms with Crippen LogP contribution in [0.4, 0.5) is 10.2 Å². The monoisotopic (exact) mass is 489 g/mol. The molecule has 8 nitrogen and oxygen atoms in total. The highest BCUT2D eigenvalue weighted by molar-refractivity contribution is 6.00. The summed E-state index contributed by atoms with van der Waals surface area (Å²) in [6.45, 7) is 0.274. The van der Waals surface area contributed by atoms with Gasteiger partial charge in [-0.3, -0.25) is 4.79 Å². The molecule has 0 bridgehead atoms. The summed E-state index contributed by atoms with van der Waals surface area (Å²) in [5.74, 6) is -0.184. The zero-order chi connectivity index (χ0) is 25.2. The first-order chi connectivity index (χ1) is 17.4.